The number of nitrogens with zero attached hydrogens (tertiary/aromatic N) is 1. The van der Waals surface area contributed by atoms with Crippen molar-refractivity contribution in [2.24, 2.45) is 5.92 Å². The van der Waals surface area contributed by atoms with Crippen molar-refractivity contribution in [3.05, 3.63) is 29.6 Å². The number of halogens is 1. The summed E-state index contributed by atoms with van der Waals surface area (Å²) in [5.41, 5.74) is 1.32. The van der Waals surface area contributed by atoms with E-state index in [-0.39, 0.29) is 5.82 Å². The molecule has 1 fully saturated rings. The van der Waals surface area contributed by atoms with Gasteiger partial charge in [-0.15, -0.1) is 0 Å². The third-order valence-corrected chi connectivity index (χ3v) is 4.33. The first kappa shape index (κ1) is 15.3. The minimum atomic E-state index is -0.763. The lowest BCUT2D eigenvalue weighted by Crippen LogP contribution is -2.26. The molecule has 1 aromatic carbocycles. The van der Waals surface area contributed by atoms with Gasteiger partial charge < -0.3 is 10.0 Å². The summed E-state index contributed by atoms with van der Waals surface area (Å²) in [6.45, 7) is 5.80. The van der Waals surface area contributed by atoms with Crippen LogP contribution in [0.4, 0.5) is 10.1 Å². The summed E-state index contributed by atoms with van der Waals surface area (Å²) >= 11 is 0. The second-order valence-electron chi connectivity index (χ2n) is 5.92. The Morgan fingerprint density at radius 3 is 2.85 bits per heavy atom. The van der Waals surface area contributed by atoms with Crippen molar-refractivity contribution in [3.8, 4) is 0 Å². The van der Waals surface area contributed by atoms with E-state index in [2.05, 4.69) is 11.8 Å². The fourth-order valence-electron chi connectivity index (χ4n) is 3.32. The lowest BCUT2D eigenvalue weighted by molar-refractivity contribution is 0.194. The van der Waals surface area contributed by atoms with Crippen LogP contribution in [0, 0.1) is 11.7 Å². The third kappa shape index (κ3) is 3.51. The van der Waals surface area contributed by atoms with Crippen molar-refractivity contribution in [2.75, 3.05) is 18.0 Å². The second-order valence-corrected chi connectivity index (χ2v) is 5.92. The van der Waals surface area contributed by atoms with Gasteiger partial charge in [0.05, 0.1) is 6.10 Å². The quantitative estimate of drug-likeness (QED) is 0.889. The van der Waals surface area contributed by atoms with Crippen LogP contribution in [0.15, 0.2) is 18.2 Å². The van der Waals surface area contributed by atoms with E-state index in [1.165, 1.54) is 31.7 Å². The summed E-state index contributed by atoms with van der Waals surface area (Å²) in [5, 5.41) is 9.86. The molecule has 1 heterocycles. The van der Waals surface area contributed by atoms with Gasteiger partial charge in [-0.25, -0.2) is 4.39 Å². The van der Waals surface area contributed by atoms with Crippen molar-refractivity contribution in [3.63, 3.8) is 0 Å². The summed E-state index contributed by atoms with van der Waals surface area (Å²) in [6.07, 6.45) is 5.36. The molecule has 2 atom stereocenters. The molecule has 1 saturated heterocycles. The number of hydrogen-bond acceptors (Lipinski definition) is 2. The Labute approximate surface area is 121 Å². The maximum absolute atomic E-state index is 14.0. The van der Waals surface area contributed by atoms with Crippen molar-refractivity contribution in [2.45, 2.75) is 52.1 Å². The number of anilines is 1. The number of aliphatic hydroxyl groups is 1. The molecule has 0 amide bonds. The fraction of sp³-hybridized carbons (Fsp3) is 0.647. The molecule has 0 aliphatic carbocycles. The number of rotatable bonds is 4. The van der Waals surface area contributed by atoms with E-state index in [0.29, 0.717) is 5.56 Å². The van der Waals surface area contributed by atoms with E-state index in [0.717, 1.165) is 31.1 Å². The number of aliphatic hydroxyl groups excluding tert-OH is 1. The standard InChI is InChI=1S/C17H26FNO/c1-3-6-14-7-5-11-19(12-10-14)16-9-4-8-15(18)17(16)13(2)20/h4,8-9,13-14,20H,3,5-7,10-12H2,1-2H3. The molecule has 1 N–H and O–H groups in total. The Kier molecular flexibility index (Phi) is 5.41. The Morgan fingerprint density at radius 1 is 1.35 bits per heavy atom. The summed E-state index contributed by atoms with van der Waals surface area (Å²) in [6, 6.07) is 5.11. The number of benzene rings is 1. The van der Waals surface area contributed by atoms with Gasteiger partial charge in [0.25, 0.3) is 0 Å². The molecule has 1 aliphatic heterocycles. The second kappa shape index (κ2) is 7.07. The van der Waals surface area contributed by atoms with Crippen LogP contribution in [0.3, 0.4) is 0 Å². The molecule has 0 bridgehead atoms. The molecule has 1 aliphatic rings. The molecule has 20 heavy (non-hydrogen) atoms. The van der Waals surface area contributed by atoms with E-state index >= 15 is 0 Å². The van der Waals surface area contributed by atoms with E-state index in [9.17, 15) is 9.50 Å². The van der Waals surface area contributed by atoms with Gasteiger partial charge in [-0.3, -0.25) is 0 Å². The maximum atomic E-state index is 14.0. The van der Waals surface area contributed by atoms with Crippen LogP contribution in [0.25, 0.3) is 0 Å². The Morgan fingerprint density at radius 2 is 2.15 bits per heavy atom. The van der Waals surface area contributed by atoms with Gasteiger partial charge in [-0.1, -0.05) is 25.8 Å². The van der Waals surface area contributed by atoms with E-state index < -0.39 is 6.10 Å². The molecular weight excluding hydrogens is 253 g/mol. The fourth-order valence-corrected chi connectivity index (χ4v) is 3.32. The van der Waals surface area contributed by atoms with Gasteiger partial charge in [0.15, 0.2) is 0 Å². The van der Waals surface area contributed by atoms with E-state index in [4.69, 9.17) is 0 Å². The summed E-state index contributed by atoms with van der Waals surface area (Å²) in [5.74, 6) is 0.500. The molecule has 2 nitrogen and oxygen atoms in total. The first-order chi connectivity index (χ1) is 9.63. The van der Waals surface area contributed by atoms with Crippen molar-refractivity contribution >= 4 is 5.69 Å². The predicted molar refractivity (Wildman–Crippen MR) is 81.5 cm³/mol. The van der Waals surface area contributed by atoms with Crippen LogP contribution < -0.4 is 4.90 Å². The van der Waals surface area contributed by atoms with Gasteiger partial charge >= 0.3 is 0 Å². The van der Waals surface area contributed by atoms with Gasteiger partial charge in [-0.05, 0) is 44.2 Å². The molecule has 0 aromatic heterocycles. The van der Waals surface area contributed by atoms with Gasteiger partial charge in [0.2, 0.25) is 0 Å². The normalized spacial score (nSPS) is 21.6. The minimum Gasteiger partial charge on any atom is -0.389 e. The van der Waals surface area contributed by atoms with Crippen LogP contribution in [-0.2, 0) is 0 Å². The topological polar surface area (TPSA) is 23.5 Å². The summed E-state index contributed by atoms with van der Waals surface area (Å²) in [7, 11) is 0. The average molecular weight is 279 g/mol. The lowest BCUT2D eigenvalue weighted by Gasteiger charge is -2.27. The molecular formula is C17H26FNO. The molecule has 1 aromatic rings. The first-order valence-electron chi connectivity index (χ1n) is 7.85. The zero-order valence-corrected chi connectivity index (χ0v) is 12.6. The SMILES string of the molecule is CCCC1CCCN(c2cccc(F)c2C(C)O)CC1. The number of hydrogen-bond donors (Lipinski definition) is 1. The predicted octanol–water partition coefficient (Wildman–Crippen LogP) is 4.29. The lowest BCUT2D eigenvalue weighted by atomic mass is 9.96. The molecule has 0 radical (unpaired) electrons. The van der Waals surface area contributed by atoms with E-state index in [1.807, 2.05) is 6.07 Å². The molecule has 112 valence electrons. The Balaban J connectivity index is 2.17. The van der Waals surface area contributed by atoms with Gasteiger partial charge in [0.1, 0.15) is 5.82 Å². The molecule has 0 saturated carbocycles. The summed E-state index contributed by atoms with van der Waals surface area (Å²) in [4.78, 5) is 2.25. The van der Waals surface area contributed by atoms with Gasteiger partial charge in [0, 0.05) is 24.3 Å². The largest absolute Gasteiger partial charge is 0.389 e. The highest BCUT2D eigenvalue weighted by molar-refractivity contribution is 5.55. The first-order valence-corrected chi connectivity index (χ1v) is 7.85. The van der Waals surface area contributed by atoms with Crippen LogP contribution >= 0.6 is 0 Å². The third-order valence-electron chi connectivity index (χ3n) is 4.33. The van der Waals surface area contributed by atoms with Crippen molar-refractivity contribution < 1.29 is 9.50 Å². The highest BCUT2D eigenvalue weighted by Gasteiger charge is 2.21. The van der Waals surface area contributed by atoms with Crippen molar-refractivity contribution in [1.82, 2.24) is 0 Å². The van der Waals surface area contributed by atoms with Crippen LogP contribution in [0.5, 0.6) is 0 Å². The maximum Gasteiger partial charge on any atom is 0.131 e. The molecule has 0 spiro atoms. The molecule has 2 rings (SSSR count). The average Bonchev–Trinajstić information content (AvgIpc) is 2.64. The van der Waals surface area contributed by atoms with Crippen LogP contribution in [-0.4, -0.2) is 18.2 Å². The zero-order valence-electron chi connectivity index (χ0n) is 12.6. The van der Waals surface area contributed by atoms with Crippen LogP contribution in [0.2, 0.25) is 0 Å². The highest BCUT2D eigenvalue weighted by Crippen LogP contribution is 2.32. The van der Waals surface area contributed by atoms with Gasteiger partial charge in [-0.2, -0.15) is 0 Å². The Bertz CT molecular complexity index is 433. The summed E-state index contributed by atoms with van der Waals surface area (Å²) < 4.78 is 14.0. The zero-order chi connectivity index (χ0) is 14.5. The van der Waals surface area contributed by atoms with Crippen LogP contribution in [0.1, 0.15) is 57.6 Å². The monoisotopic (exact) mass is 279 g/mol. The van der Waals surface area contributed by atoms with E-state index in [1.54, 1.807) is 13.0 Å². The Hall–Kier alpha value is -1.09. The smallest absolute Gasteiger partial charge is 0.131 e. The molecule has 3 heteroatoms. The molecule has 2 unspecified atom stereocenters. The highest BCUT2D eigenvalue weighted by atomic mass is 19.1. The van der Waals surface area contributed by atoms with Crippen molar-refractivity contribution in [1.29, 1.82) is 0 Å². The minimum absolute atomic E-state index is 0.299.